The number of aryl methyl sites for hydroxylation is 1. The van der Waals surface area contributed by atoms with Crippen LogP contribution in [0, 0.1) is 11.6 Å². The van der Waals surface area contributed by atoms with E-state index in [0.717, 1.165) is 23.2 Å². The molecular weight excluding hydrogens is 300 g/mol. The highest BCUT2D eigenvalue weighted by molar-refractivity contribution is 5.94. The standard InChI is InChI=1S/C17H15F2N3O/c18-12-6-7-13(14(19)10-12)17(23)20-8-3-9-22-11-21-15-4-1-2-5-16(15)22/h1-2,4-7,10-11H,3,8-9H2,(H,20,23). The molecule has 0 aliphatic heterocycles. The van der Waals surface area contributed by atoms with Crippen LogP contribution < -0.4 is 5.32 Å². The van der Waals surface area contributed by atoms with E-state index < -0.39 is 17.5 Å². The lowest BCUT2D eigenvalue weighted by atomic mass is 10.2. The summed E-state index contributed by atoms with van der Waals surface area (Å²) in [5.41, 5.74) is 1.80. The van der Waals surface area contributed by atoms with Gasteiger partial charge in [0.15, 0.2) is 0 Å². The predicted molar refractivity (Wildman–Crippen MR) is 83.0 cm³/mol. The molecule has 0 aliphatic rings. The van der Waals surface area contributed by atoms with Gasteiger partial charge in [0.1, 0.15) is 11.6 Å². The Morgan fingerprint density at radius 2 is 2.00 bits per heavy atom. The van der Waals surface area contributed by atoms with Crippen LogP contribution in [0.5, 0.6) is 0 Å². The van der Waals surface area contributed by atoms with Crippen molar-refractivity contribution in [2.45, 2.75) is 13.0 Å². The van der Waals surface area contributed by atoms with Gasteiger partial charge in [0.25, 0.3) is 5.91 Å². The second kappa shape index (κ2) is 6.56. The van der Waals surface area contributed by atoms with Gasteiger partial charge in [0.2, 0.25) is 0 Å². The molecule has 1 N–H and O–H groups in total. The van der Waals surface area contributed by atoms with Gasteiger partial charge >= 0.3 is 0 Å². The molecule has 1 heterocycles. The van der Waals surface area contributed by atoms with Crippen LogP contribution in [0.4, 0.5) is 8.78 Å². The number of hydrogen-bond donors (Lipinski definition) is 1. The molecule has 4 nitrogen and oxygen atoms in total. The first-order chi connectivity index (χ1) is 11.1. The Kier molecular flexibility index (Phi) is 4.32. The summed E-state index contributed by atoms with van der Waals surface area (Å²) >= 11 is 0. The van der Waals surface area contributed by atoms with Gasteiger partial charge in [-0.3, -0.25) is 4.79 Å². The summed E-state index contributed by atoms with van der Waals surface area (Å²) < 4.78 is 28.3. The lowest BCUT2D eigenvalue weighted by Gasteiger charge is -2.07. The molecular formula is C17H15F2N3O. The molecule has 1 aromatic heterocycles. The van der Waals surface area contributed by atoms with Gasteiger partial charge in [0, 0.05) is 19.2 Å². The monoisotopic (exact) mass is 315 g/mol. The number of aromatic nitrogens is 2. The third-order valence-electron chi connectivity index (χ3n) is 3.56. The van der Waals surface area contributed by atoms with Crippen molar-refractivity contribution in [3.63, 3.8) is 0 Å². The number of carbonyl (C=O) groups is 1. The van der Waals surface area contributed by atoms with Gasteiger partial charge in [-0.2, -0.15) is 0 Å². The van der Waals surface area contributed by atoms with Crippen molar-refractivity contribution in [1.29, 1.82) is 0 Å². The molecule has 2 aromatic carbocycles. The number of benzene rings is 2. The van der Waals surface area contributed by atoms with Crippen LogP contribution in [-0.4, -0.2) is 22.0 Å². The lowest BCUT2D eigenvalue weighted by Crippen LogP contribution is -2.26. The Morgan fingerprint density at radius 3 is 2.83 bits per heavy atom. The molecule has 23 heavy (non-hydrogen) atoms. The largest absolute Gasteiger partial charge is 0.352 e. The van der Waals surface area contributed by atoms with Gasteiger partial charge in [-0.15, -0.1) is 0 Å². The molecule has 0 bridgehead atoms. The van der Waals surface area contributed by atoms with E-state index in [1.807, 2.05) is 28.8 Å². The second-order valence-electron chi connectivity index (χ2n) is 5.16. The maximum atomic E-state index is 13.5. The van der Waals surface area contributed by atoms with Crippen molar-refractivity contribution < 1.29 is 13.6 Å². The van der Waals surface area contributed by atoms with Gasteiger partial charge in [-0.05, 0) is 30.7 Å². The number of nitrogens with one attached hydrogen (secondary N) is 1. The highest BCUT2D eigenvalue weighted by atomic mass is 19.1. The fourth-order valence-corrected chi connectivity index (χ4v) is 2.41. The van der Waals surface area contributed by atoms with E-state index in [1.165, 1.54) is 0 Å². The lowest BCUT2D eigenvalue weighted by molar-refractivity contribution is 0.0948. The average molecular weight is 315 g/mol. The summed E-state index contributed by atoms with van der Waals surface area (Å²) in [5, 5.41) is 2.63. The number of nitrogens with zero attached hydrogens (tertiary/aromatic N) is 2. The minimum Gasteiger partial charge on any atom is -0.352 e. The number of carbonyl (C=O) groups excluding carboxylic acids is 1. The number of fused-ring (bicyclic) bond motifs is 1. The van der Waals surface area contributed by atoms with Crippen molar-refractivity contribution in [1.82, 2.24) is 14.9 Å². The van der Waals surface area contributed by atoms with Crippen LogP contribution in [0.1, 0.15) is 16.8 Å². The first-order valence-corrected chi connectivity index (χ1v) is 7.28. The number of para-hydroxylation sites is 2. The van der Waals surface area contributed by atoms with E-state index in [4.69, 9.17) is 0 Å². The van der Waals surface area contributed by atoms with Crippen molar-refractivity contribution in [3.05, 3.63) is 66.0 Å². The highest BCUT2D eigenvalue weighted by Gasteiger charge is 2.11. The van der Waals surface area contributed by atoms with Crippen molar-refractivity contribution in [2.75, 3.05) is 6.54 Å². The van der Waals surface area contributed by atoms with Crippen LogP contribution in [0.15, 0.2) is 48.8 Å². The fraction of sp³-hybridized carbons (Fsp3) is 0.176. The van der Waals surface area contributed by atoms with Crippen molar-refractivity contribution >= 4 is 16.9 Å². The molecule has 0 spiro atoms. The predicted octanol–water partition coefficient (Wildman–Crippen LogP) is 3.13. The topological polar surface area (TPSA) is 46.9 Å². The maximum absolute atomic E-state index is 13.5. The second-order valence-corrected chi connectivity index (χ2v) is 5.16. The van der Waals surface area contributed by atoms with Gasteiger partial charge in [-0.1, -0.05) is 12.1 Å². The van der Waals surface area contributed by atoms with E-state index in [-0.39, 0.29) is 5.56 Å². The molecule has 3 rings (SSSR count). The summed E-state index contributed by atoms with van der Waals surface area (Å²) in [6.07, 6.45) is 2.43. The smallest absolute Gasteiger partial charge is 0.254 e. The Balaban J connectivity index is 1.54. The highest BCUT2D eigenvalue weighted by Crippen LogP contribution is 2.12. The van der Waals surface area contributed by atoms with Crippen molar-refractivity contribution in [2.24, 2.45) is 0 Å². The van der Waals surface area contributed by atoms with Gasteiger partial charge < -0.3 is 9.88 Å². The molecule has 0 atom stereocenters. The number of amides is 1. The number of halogens is 2. The zero-order valence-electron chi connectivity index (χ0n) is 12.3. The Labute approximate surface area is 131 Å². The minimum absolute atomic E-state index is 0.153. The van der Waals surface area contributed by atoms with E-state index in [2.05, 4.69) is 10.3 Å². The molecule has 0 radical (unpaired) electrons. The van der Waals surface area contributed by atoms with Crippen LogP contribution >= 0.6 is 0 Å². The van der Waals surface area contributed by atoms with E-state index in [9.17, 15) is 13.6 Å². The summed E-state index contributed by atoms with van der Waals surface area (Å²) in [5.74, 6) is -2.10. The van der Waals surface area contributed by atoms with E-state index in [1.54, 1.807) is 6.33 Å². The van der Waals surface area contributed by atoms with Crippen LogP contribution in [-0.2, 0) is 6.54 Å². The quantitative estimate of drug-likeness (QED) is 0.735. The zero-order chi connectivity index (χ0) is 16.2. The summed E-state index contributed by atoms with van der Waals surface area (Å²) in [4.78, 5) is 16.1. The molecule has 118 valence electrons. The zero-order valence-corrected chi connectivity index (χ0v) is 12.3. The third-order valence-corrected chi connectivity index (χ3v) is 3.56. The van der Waals surface area contributed by atoms with Crippen LogP contribution in [0.25, 0.3) is 11.0 Å². The number of hydrogen-bond acceptors (Lipinski definition) is 2. The minimum atomic E-state index is -0.858. The average Bonchev–Trinajstić information content (AvgIpc) is 2.94. The van der Waals surface area contributed by atoms with Crippen LogP contribution in [0.2, 0.25) is 0 Å². The molecule has 0 unspecified atom stereocenters. The fourth-order valence-electron chi connectivity index (χ4n) is 2.41. The van der Waals surface area contributed by atoms with Crippen LogP contribution in [0.3, 0.4) is 0 Å². The SMILES string of the molecule is O=C(NCCCn1cnc2ccccc21)c1ccc(F)cc1F. The number of imidazole rings is 1. The maximum Gasteiger partial charge on any atom is 0.254 e. The Bertz CT molecular complexity index is 845. The normalized spacial score (nSPS) is 10.9. The Hall–Kier alpha value is -2.76. The number of rotatable bonds is 5. The molecule has 3 aromatic rings. The molecule has 0 aliphatic carbocycles. The van der Waals surface area contributed by atoms with Crippen molar-refractivity contribution in [3.8, 4) is 0 Å². The summed E-state index contributed by atoms with van der Waals surface area (Å²) in [6.45, 7) is 1.08. The van der Waals surface area contributed by atoms with Gasteiger partial charge in [-0.25, -0.2) is 13.8 Å². The van der Waals surface area contributed by atoms with E-state index in [0.29, 0.717) is 25.6 Å². The molecule has 0 saturated carbocycles. The molecule has 0 fully saturated rings. The summed E-state index contributed by atoms with van der Waals surface area (Å²) in [7, 11) is 0. The third kappa shape index (κ3) is 3.36. The molecule has 0 saturated heterocycles. The van der Waals surface area contributed by atoms with E-state index >= 15 is 0 Å². The van der Waals surface area contributed by atoms with Gasteiger partial charge in [0.05, 0.1) is 22.9 Å². The first-order valence-electron chi connectivity index (χ1n) is 7.28. The first kappa shape index (κ1) is 15.1. The summed E-state index contributed by atoms with van der Waals surface area (Å²) in [6, 6.07) is 10.7. The Morgan fingerprint density at radius 1 is 1.17 bits per heavy atom. The molecule has 1 amide bonds. The molecule has 6 heteroatoms.